The Hall–Kier alpha value is -1.22. The molecule has 1 aromatic rings. The summed E-state index contributed by atoms with van der Waals surface area (Å²) in [6.45, 7) is 3.14. The van der Waals surface area contributed by atoms with Crippen molar-refractivity contribution in [2.45, 2.75) is 19.6 Å². The van der Waals surface area contributed by atoms with Crippen LogP contribution in [0.3, 0.4) is 0 Å². The third-order valence-electron chi connectivity index (χ3n) is 2.31. The van der Waals surface area contributed by atoms with E-state index in [0.29, 0.717) is 6.04 Å². The van der Waals surface area contributed by atoms with Gasteiger partial charge in [-0.3, -0.25) is 0 Å². The lowest BCUT2D eigenvalue weighted by Crippen LogP contribution is -2.30. The van der Waals surface area contributed by atoms with Crippen LogP contribution in [0.1, 0.15) is 12.5 Å². The van der Waals surface area contributed by atoms with E-state index in [-0.39, 0.29) is 6.61 Å². The second-order valence-corrected chi connectivity index (χ2v) is 3.42. The summed E-state index contributed by atoms with van der Waals surface area (Å²) >= 11 is 0. The van der Waals surface area contributed by atoms with Crippen LogP contribution >= 0.6 is 0 Å². The van der Waals surface area contributed by atoms with E-state index >= 15 is 0 Å². The van der Waals surface area contributed by atoms with E-state index < -0.39 is 0 Å². The number of rotatable bonds is 1. The Labute approximate surface area is 77.8 Å². The fourth-order valence-corrected chi connectivity index (χ4v) is 1.61. The number of para-hydroxylation sites is 1. The molecule has 3 nitrogen and oxygen atoms in total. The highest BCUT2D eigenvalue weighted by molar-refractivity contribution is 5.74. The van der Waals surface area contributed by atoms with Gasteiger partial charge in [0.1, 0.15) is 0 Å². The maximum Gasteiger partial charge on any atom is 0.0702 e. The Morgan fingerprint density at radius 3 is 3.15 bits per heavy atom. The predicted octanol–water partition coefficient (Wildman–Crippen LogP) is 1.40. The molecule has 1 heterocycles. The Bertz CT molecular complexity index is 298. The topological polar surface area (TPSA) is 44.3 Å². The molecule has 0 radical (unpaired) electrons. The van der Waals surface area contributed by atoms with Gasteiger partial charge in [-0.05, 0) is 13.0 Å². The van der Waals surface area contributed by atoms with Gasteiger partial charge in [0.15, 0.2) is 0 Å². The molecule has 2 rings (SSSR count). The molecule has 3 N–H and O–H groups in total. The van der Waals surface area contributed by atoms with Crippen molar-refractivity contribution in [3.8, 4) is 0 Å². The van der Waals surface area contributed by atoms with Crippen molar-refractivity contribution in [1.29, 1.82) is 0 Å². The summed E-state index contributed by atoms with van der Waals surface area (Å²) < 4.78 is 0. The Morgan fingerprint density at radius 2 is 2.38 bits per heavy atom. The van der Waals surface area contributed by atoms with Gasteiger partial charge >= 0.3 is 0 Å². The molecule has 0 amide bonds. The number of hydrogen-bond donors (Lipinski definition) is 3. The normalized spacial score (nSPS) is 20.0. The molecule has 0 saturated carbocycles. The van der Waals surface area contributed by atoms with Gasteiger partial charge in [-0.15, -0.1) is 0 Å². The molecular weight excluding hydrogens is 164 g/mol. The first-order valence-electron chi connectivity index (χ1n) is 4.54. The van der Waals surface area contributed by atoms with Gasteiger partial charge in [-0.1, -0.05) is 12.1 Å². The minimum absolute atomic E-state index is 0.0879. The van der Waals surface area contributed by atoms with Crippen molar-refractivity contribution in [1.82, 2.24) is 0 Å². The molecule has 1 aromatic carbocycles. The van der Waals surface area contributed by atoms with Crippen LogP contribution in [0.2, 0.25) is 0 Å². The van der Waals surface area contributed by atoms with Crippen molar-refractivity contribution in [2.24, 2.45) is 0 Å². The number of benzene rings is 1. The Balaban J connectivity index is 2.41. The fourth-order valence-electron chi connectivity index (χ4n) is 1.61. The first-order chi connectivity index (χ1) is 6.31. The average molecular weight is 178 g/mol. The van der Waals surface area contributed by atoms with Gasteiger partial charge in [0.2, 0.25) is 0 Å². The largest absolute Gasteiger partial charge is 0.392 e. The third kappa shape index (κ3) is 1.47. The molecule has 0 aliphatic carbocycles. The highest BCUT2D eigenvalue weighted by atomic mass is 16.3. The Kier molecular flexibility index (Phi) is 2.10. The number of hydrogen-bond acceptors (Lipinski definition) is 3. The maximum atomic E-state index is 9.11. The van der Waals surface area contributed by atoms with E-state index in [4.69, 9.17) is 5.11 Å². The molecule has 3 heteroatoms. The fraction of sp³-hybridized carbons (Fsp3) is 0.400. The van der Waals surface area contributed by atoms with E-state index in [1.165, 1.54) is 0 Å². The summed E-state index contributed by atoms with van der Waals surface area (Å²) in [6.07, 6.45) is 0. The summed E-state index contributed by atoms with van der Waals surface area (Å²) in [5, 5.41) is 15.8. The van der Waals surface area contributed by atoms with Crippen molar-refractivity contribution in [3.05, 3.63) is 23.8 Å². The highest BCUT2D eigenvalue weighted by Crippen LogP contribution is 2.29. The molecule has 1 unspecified atom stereocenters. The summed E-state index contributed by atoms with van der Waals surface area (Å²) in [6, 6.07) is 6.33. The zero-order chi connectivity index (χ0) is 9.26. The van der Waals surface area contributed by atoms with Crippen molar-refractivity contribution in [2.75, 3.05) is 17.2 Å². The molecule has 1 aliphatic rings. The lowest BCUT2D eigenvalue weighted by atomic mass is 10.1. The van der Waals surface area contributed by atoms with Crippen LogP contribution in [-0.4, -0.2) is 17.7 Å². The van der Waals surface area contributed by atoms with Crippen molar-refractivity contribution >= 4 is 11.4 Å². The summed E-state index contributed by atoms with van der Waals surface area (Å²) in [5.41, 5.74) is 3.09. The smallest absolute Gasteiger partial charge is 0.0702 e. The van der Waals surface area contributed by atoms with Crippen LogP contribution in [0.15, 0.2) is 18.2 Å². The lowest BCUT2D eigenvalue weighted by molar-refractivity contribution is 0.282. The van der Waals surface area contributed by atoms with E-state index in [1.54, 1.807) is 0 Å². The molecule has 0 saturated heterocycles. The molecule has 1 aliphatic heterocycles. The SMILES string of the molecule is CC1CNc2cccc(CO)c2N1. The maximum absolute atomic E-state index is 9.11. The average Bonchev–Trinajstić information content (AvgIpc) is 2.17. The van der Waals surface area contributed by atoms with Gasteiger partial charge in [0.25, 0.3) is 0 Å². The molecule has 13 heavy (non-hydrogen) atoms. The van der Waals surface area contributed by atoms with E-state index in [0.717, 1.165) is 23.5 Å². The van der Waals surface area contributed by atoms with E-state index in [2.05, 4.69) is 17.6 Å². The molecular formula is C10H14N2O. The van der Waals surface area contributed by atoms with Crippen LogP contribution in [0, 0.1) is 0 Å². The second kappa shape index (κ2) is 3.26. The molecule has 0 bridgehead atoms. The standard InChI is InChI=1S/C10H14N2O/c1-7-5-11-9-4-2-3-8(6-13)10(9)12-7/h2-4,7,11-13H,5-6H2,1H3. The van der Waals surface area contributed by atoms with Gasteiger partial charge in [-0.2, -0.15) is 0 Å². The predicted molar refractivity (Wildman–Crippen MR) is 53.9 cm³/mol. The van der Waals surface area contributed by atoms with Gasteiger partial charge in [0, 0.05) is 18.2 Å². The van der Waals surface area contributed by atoms with Gasteiger partial charge in [0.05, 0.1) is 18.0 Å². The lowest BCUT2D eigenvalue weighted by Gasteiger charge is -2.27. The van der Waals surface area contributed by atoms with E-state index in [1.807, 2.05) is 18.2 Å². The zero-order valence-corrected chi connectivity index (χ0v) is 7.67. The van der Waals surface area contributed by atoms with Crippen LogP contribution in [0.4, 0.5) is 11.4 Å². The number of aliphatic hydroxyl groups is 1. The van der Waals surface area contributed by atoms with Crippen LogP contribution in [0.5, 0.6) is 0 Å². The molecule has 1 atom stereocenters. The third-order valence-corrected chi connectivity index (χ3v) is 2.31. The van der Waals surface area contributed by atoms with Crippen LogP contribution in [0.25, 0.3) is 0 Å². The van der Waals surface area contributed by atoms with Crippen molar-refractivity contribution in [3.63, 3.8) is 0 Å². The van der Waals surface area contributed by atoms with Crippen LogP contribution < -0.4 is 10.6 Å². The van der Waals surface area contributed by atoms with Crippen LogP contribution in [-0.2, 0) is 6.61 Å². The molecule has 0 spiro atoms. The number of anilines is 2. The molecule has 0 fully saturated rings. The van der Waals surface area contributed by atoms with Crippen molar-refractivity contribution < 1.29 is 5.11 Å². The summed E-state index contributed by atoms with van der Waals surface area (Å²) in [4.78, 5) is 0. The molecule has 0 aromatic heterocycles. The van der Waals surface area contributed by atoms with Gasteiger partial charge in [-0.25, -0.2) is 0 Å². The highest BCUT2D eigenvalue weighted by Gasteiger charge is 2.15. The van der Waals surface area contributed by atoms with E-state index in [9.17, 15) is 0 Å². The minimum Gasteiger partial charge on any atom is -0.392 e. The first-order valence-corrected chi connectivity index (χ1v) is 4.54. The first kappa shape index (κ1) is 8.38. The quantitative estimate of drug-likeness (QED) is 0.609. The van der Waals surface area contributed by atoms with Gasteiger partial charge < -0.3 is 15.7 Å². The molecule has 70 valence electrons. The Morgan fingerprint density at radius 1 is 1.54 bits per heavy atom. The monoisotopic (exact) mass is 178 g/mol. The summed E-state index contributed by atoms with van der Waals surface area (Å²) in [5.74, 6) is 0. The minimum atomic E-state index is 0.0879. The number of nitrogens with one attached hydrogen (secondary N) is 2. The zero-order valence-electron chi connectivity index (χ0n) is 7.67. The number of fused-ring (bicyclic) bond motifs is 1. The number of aliphatic hydroxyl groups excluding tert-OH is 1. The second-order valence-electron chi connectivity index (χ2n) is 3.42. The summed E-state index contributed by atoms with van der Waals surface area (Å²) in [7, 11) is 0.